The van der Waals surface area contributed by atoms with Gasteiger partial charge in [0.05, 0.1) is 17.6 Å². The van der Waals surface area contributed by atoms with E-state index in [4.69, 9.17) is 4.74 Å². The molecule has 150 valence electrons. The van der Waals surface area contributed by atoms with Gasteiger partial charge in [0.25, 0.3) is 11.5 Å². The highest BCUT2D eigenvalue weighted by Gasteiger charge is 2.17. The van der Waals surface area contributed by atoms with Gasteiger partial charge in [-0.05, 0) is 43.2 Å². The minimum atomic E-state index is -0.424. The largest absolute Gasteiger partial charge is 0.462 e. The molecule has 7 nitrogen and oxygen atoms in total. The average molecular weight is 393 g/mol. The Hall–Kier alpha value is -3.48. The SMILES string of the molecule is CCCOC(=O)c1ccc(NC(=O)c2nn(CCC)c(=O)c3ccccc23)cc1. The predicted octanol–water partition coefficient (Wildman–Crippen LogP) is 3.63. The summed E-state index contributed by atoms with van der Waals surface area (Å²) in [6.07, 6.45) is 1.48. The Kier molecular flexibility index (Phi) is 6.39. The molecule has 0 atom stereocenters. The molecule has 0 radical (unpaired) electrons. The Balaban J connectivity index is 1.87. The fraction of sp³-hybridized carbons (Fsp3) is 0.273. The molecule has 1 heterocycles. The molecule has 3 aromatic rings. The molecule has 0 bridgehead atoms. The number of aromatic nitrogens is 2. The van der Waals surface area contributed by atoms with E-state index in [0.717, 1.165) is 12.8 Å². The van der Waals surface area contributed by atoms with Gasteiger partial charge < -0.3 is 10.1 Å². The number of aryl methyl sites for hydroxylation is 1. The van der Waals surface area contributed by atoms with Gasteiger partial charge in [0.1, 0.15) is 0 Å². The molecule has 2 aromatic carbocycles. The quantitative estimate of drug-likeness (QED) is 0.619. The molecule has 0 aliphatic rings. The smallest absolute Gasteiger partial charge is 0.338 e. The maximum absolute atomic E-state index is 12.9. The van der Waals surface area contributed by atoms with E-state index in [1.807, 2.05) is 13.8 Å². The zero-order valence-electron chi connectivity index (χ0n) is 16.5. The van der Waals surface area contributed by atoms with Gasteiger partial charge in [0, 0.05) is 17.6 Å². The average Bonchev–Trinajstić information content (AvgIpc) is 2.74. The lowest BCUT2D eigenvalue weighted by atomic mass is 10.1. The number of carbonyl (C=O) groups excluding carboxylic acids is 2. The van der Waals surface area contributed by atoms with Gasteiger partial charge in [-0.15, -0.1) is 0 Å². The summed E-state index contributed by atoms with van der Waals surface area (Å²) in [4.78, 5) is 37.3. The normalized spacial score (nSPS) is 10.7. The summed E-state index contributed by atoms with van der Waals surface area (Å²) < 4.78 is 6.42. The highest BCUT2D eigenvalue weighted by atomic mass is 16.5. The van der Waals surface area contributed by atoms with E-state index in [2.05, 4.69) is 10.4 Å². The van der Waals surface area contributed by atoms with Crippen LogP contribution in [0.5, 0.6) is 0 Å². The van der Waals surface area contributed by atoms with E-state index in [0.29, 0.717) is 35.2 Å². The summed E-state index contributed by atoms with van der Waals surface area (Å²) in [5.74, 6) is -0.823. The summed E-state index contributed by atoms with van der Waals surface area (Å²) in [6.45, 7) is 4.66. The van der Waals surface area contributed by atoms with Crippen molar-refractivity contribution in [3.05, 3.63) is 70.1 Å². The second-order valence-electron chi connectivity index (χ2n) is 6.59. The Morgan fingerprint density at radius 1 is 1.00 bits per heavy atom. The monoisotopic (exact) mass is 393 g/mol. The molecule has 1 N–H and O–H groups in total. The van der Waals surface area contributed by atoms with Crippen molar-refractivity contribution >= 4 is 28.3 Å². The van der Waals surface area contributed by atoms with Crippen molar-refractivity contribution in [2.24, 2.45) is 0 Å². The maximum atomic E-state index is 12.9. The van der Waals surface area contributed by atoms with Crippen LogP contribution in [-0.4, -0.2) is 28.3 Å². The lowest BCUT2D eigenvalue weighted by molar-refractivity contribution is 0.0505. The number of hydrogen-bond donors (Lipinski definition) is 1. The highest BCUT2D eigenvalue weighted by Crippen LogP contribution is 2.16. The molecule has 0 fully saturated rings. The van der Waals surface area contributed by atoms with Crippen molar-refractivity contribution in [1.29, 1.82) is 0 Å². The minimum absolute atomic E-state index is 0.181. The van der Waals surface area contributed by atoms with Gasteiger partial charge in [-0.25, -0.2) is 9.48 Å². The van der Waals surface area contributed by atoms with Crippen LogP contribution in [0.1, 0.15) is 47.5 Å². The number of esters is 1. The predicted molar refractivity (Wildman–Crippen MR) is 111 cm³/mol. The van der Waals surface area contributed by atoms with Crippen LogP contribution >= 0.6 is 0 Å². The minimum Gasteiger partial charge on any atom is -0.462 e. The number of rotatable bonds is 7. The first kappa shape index (κ1) is 20.3. The Morgan fingerprint density at radius 2 is 1.69 bits per heavy atom. The lowest BCUT2D eigenvalue weighted by Gasteiger charge is -2.11. The molecule has 0 aliphatic carbocycles. The highest BCUT2D eigenvalue weighted by molar-refractivity contribution is 6.11. The van der Waals surface area contributed by atoms with Crippen molar-refractivity contribution in [2.75, 3.05) is 11.9 Å². The third kappa shape index (κ3) is 4.51. The molecule has 0 saturated heterocycles. The molecular formula is C22H23N3O4. The fourth-order valence-electron chi connectivity index (χ4n) is 2.92. The van der Waals surface area contributed by atoms with E-state index in [1.165, 1.54) is 4.68 Å². The van der Waals surface area contributed by atoms with Crippen LogP contribution in [0.15, 0.2) is 53.3 Å². The van der Waals surface area contributed by atoms with E-state index >= 15 is 0 Å². The Bertz CT molecular complexity index is 1090. The molecule has 0 unspecified atom stereocenters. The molecule has 0 spiro atoms. The molecule has 0 aliphatic heterocycles. The summed E-state index contributed by atoms with van der Waals surface area (Å²) >= 11 is 0. The summed E-state index contributed by atoms with van der Waals surface area (Å²) in [7, 11) is 0. The Labute approximate surface area is 168 Å². The number of nitrogens with one attached hydrogen (secondary N) is 1. The van der Waals surface area contributed by atoms with E-state index in [-0.39, 0.29) is 11.3 Å². The van der Waals surface area contributed by atoms with Crippen LogP contribution in [0.4, 0.5) is 5.69 Å². The van der Waals surface area contributed by atoms with Crippen molar-refractivity contribution in [3.8, 4) is 0 Å². The number of fused-ring (bicyclic) bond motifs is 1. The van der Waals surface area contributed by atoms with E-state index in [1.54, 1.807) is 48.5 Å². The standard InChI is InChI=1S/C22H23N3O4/c1-3-13-25-21(27)18-8-6-5-7-17(18)19(24-25)20(26)23-16-11-9-15(10-12-16)22(28)29-14-4-2/h5-12H,3-4,13-14H2,1-2H3,(H,23,26). The first-order valence-electron chi connectivity index (χ1n) is 9.63. The number of amides is 1. The molecule has 3 rings (SSSR count). The summed E-state index contributed by atoms with van der Waals surface area (Å²) in [6, 6.07) is 13.4. The molecule has 0 saturated carbocycles. The van der Waals surface area contributed by atoms with Crippen molar-refractivity contribution in [1.82, 2.24) is 9.78 Å². The summed E-state index contributed by atoms with van der Waals surface area (Å²) in [5.41, 5.74) is 0.895. The molecule has 29 heavy (non-hydrogen) atoms. The zero-order chi connectivity index (χ0) is 20.8. The topological polar surface area (TPSA) is 90.3 Å². The number of ether oxygens (including phenoxy) is 1. The Morgan fingerprint density at radius 3 is 2.34 bits per heavy atom. The molecule has 1 aromatic heterocycles. The van der Waals surface area contributed by atoms with Crippen LogP contribution in [-0.2, 0) is 11.3 Å². The zero-order valence-corrected chi connectivity index (χ0v) is 16.5. The van der Waals surface area contributed by atoms with Gasteiger partial charge in [-0.3, -0.25) is 9.59 Å². The number of nitrogens with zero attached hydrogens (tertiary/aromatic N) is 2. The second-order valence-corrected chi connectivity index (χ2v) is 6.59. The first-order valence-corrected chi connectivity index (χ1v) is 9.63. The molecule has 7 heteroatoms. The molecular weight excluding hydrogens is 370 g/mol. The number of hydrogen-bond acceptors (Lipinski definition) is 5. The summed E-state index contributed by atoms with van der Waals surface area (Å²) in [5, 5.41) is 8.02. The maximum Gasteiger partial charge on any atom is 0.338 e. The van der Waals surface area contributed by atoms with Crippen molar-refractivity contribution in [2.45, 2.75) is 33.2 Å². The van der Waals surface area contributed by atoms with Crippen LogP contribution in [0.3, 0.4) is 0 Å². The van der Waals surface area contributed by atoms with Crippen LogP contribution in [0, 0.1) is 0 Å². The van der Waals surface area contributed by atoms with Gasteiger partial charge in [0.15, 0.2) is 5.69 Å². The van der Waals surface area contributed by atoms with Crippen LogP contribution in [0.25, 0.3) is 10.8 Å². The van der Waals surface area contributed by atoms with Gasteiger partial charge >= 0.3 is 5.97 Å². The number of benzene rings is 2. The third-order valence-corrected chi connectivity index (χ3v) is 4.33. The fourth-order valence-corrected chi connectivity index (χ4v) is 2.92. The van der Waals surface area contributed by atoms with Crippen molar-refractivity contribution < 1.29 is 14.3 Å². The van der Waals surface area contributed by atoms with Crippen molar-refractivity contribution in [3.63, 3.8) is 0 Å². The number of carbonyl (C=O) groups is 2. The second kappa shape index (κ2) is 9.14. The van der Waals surface area contributed by atoms with Gasteiger partial charge in [-0.1, -0.05) is 32.0 Å². The lowest BCUT2D eigenvalue weighted by Crippen LogP contribution is -2.27. The van der Waals surface area contributed by atoms with Crippen LogP contribution in [0.2, 0.25) is 0 Å². The molecule has 1 amide bonds. The van der Waals surface area contributed by atoms with E-state index < -0.39 is 11.9 Å². The van der Waals surface area contributed by atoms with Gasteiger partial charge in [0.2, 0.25) is 0 Å². The van der Waals surface area contributed by atoms with Gasteiger partial charge in [-0.2, -0.15) is 5.10 Å². The number of anilines is 1. The third-order valence-electron chi connectivity index (χ3n) is 4.33. The van der Waals surface area contributed by atoms with Crippen LogP contribution < -0.4 is 10.9 Å². The van der Waals surface area contributed by atoms with E-state index in [9.17, 15) is 14.4 Å². The first-order chi connectivity index (χ1) is 14.0.